The molecule has 2 aromatic rings. The van der Waals surface area contributed by atoms with Crippen LogP contribution in [-0.4, -0.2) is 9.78 Å². The Balaban J connectivity index is 2.25. The lowest BCUT2D eigenvalue weighted by molar-refractivity contribution is 0.586. The van der Waals surface area contributed by atoms with Gasteiger partial charge in [0.2, 0.25) is 0 Å². The molecular weight excluding hydrogens is 302 g/mol. The third-order valence-electron chi connectivity index (χ3n) is 3.35. The largest absolute Gasteiger partial charge is 0.324 e. The van der Waals surface area contributed by atoms with Crippen molar-refractivity contribution in [1.29, 1.82) is 0 Å². The normalized spacial score (nSPS) is 12.7. The monoisotopic (exact) mass is 321 g/mol. The van der Waals surface area contributed by atoms with Gasteiger partial charge in [-0.3, -0.25) is 4.68 Å². The molecule has 0 amide bonds. The first-order valence-corrected chi connectivity index (χ1v) is 7.35. The van der Waals surface area contributed by atoms with E-state index in [1.165, 1.54) is 16.8 Å². The number of aryl methyl sites for hydroxylation is 3. The molecule has 0 aliphatic heterocycles. The van der Waals surface area contributed by atoms with E-state index < -0.39 is 0 Å². The molecule has 0 aliphatic carbocycles. The van der Waals surface area contributed by atoms with Gasteiger partial charge < -0.3 is 5.73 Å². The summed E-state index contributed by atoms with van der Waals surface area (Å²) in [5.74, 6) is 0. The molecule has 19 heavy (non-hydrogen) atoms. The fourth-order valence-corrected chi connectivity index (χ4v) is 2.76. The molecule has 4 heteroatoms. The molecule has 0 bridgehead atoms. The molecule has 1 heterocycles. The van der Waals surface area contributed by atoms with Gasteiger partial charge in [-0.2, -0.15) is 5.10 Å². The van der Waals surface area contributed by atoms with E-state index in [-0.39, 0.29) is 6.04 Å². The molecule has 0 spiro atoms. The lowest BCUT2D eigenvalue weighted by atomic mass is 9.98. The second-order valence-corrected chi connectivity index (χ2v) is 5.82. The van der Waals surface area contributed by atoms with Crippen molar-refractivity contribution in [2.45, 2.75) is 39.8 Å². The van der Waals surface area contributed by atoms with Crippen LogP contribution in [-0.2, 0) is 13.0 Å². The smallest absolute Gasteiger partial charge is 0.0596 e. The first-order chi connectivity index (χ1) is 9.01. The van der Waals surface area contributed by atoms with Crippen molar-refractivity contribution in [2.75, 3.05) is 0 Å². The van der Waals surface area contributed by atoms with E-state index in [0.29, 0.717) is 0 Å². The van der Waals surface area contributed by atoms with E-state index in [2.05, 4.69) is 53.1 Å². The van der Waals surface area contributed by atoms with Gasteiger partial charge in [0.25, 0.3) is 0 Å². The molecule has 0 fully saturated rings. The molecule has 1 atom stereocenters. The predicted molar refractivity (Wildman–Crippen MR) is 82.1 cm³/mol. The molecular formula is C15H20BrN3. The summed E-state index contributed by atoms with van der Waals surface area (Å²) in [5, 5.41) is 4.47. The molecule has 1 aromatic carbocycles. The fourth-order valence-electron chi connectivity index (χ4n) is 2.38. The van der Waals surface area contributed by atoms with Crippen molar-refractivity contribution >= 4 is 15.9 Å². The standard InChI is InChI=1S/C15H20BrN3/c1-4-19-13(7-11(3)18-19)9-15(17)14-8-12(16)6-5-10(14)2/h5-8,15H,4,9,17H2,1-3H3. The number of halogens is 1. The molecule has 102 valence electrons. The van der Waals surface area contributed by atoms with Gasteiger partial charge in [0.1, 0.15) is 0 Å². The Morgan fingerprint density at radius 3 is 2.74 bits per heavy atom. The Hall–Kier alpha value is -1.13. The van der Waals surface area contributed by atoms with E-state index in [1.807, 2.05) is 17.7 Å². The minimum Gasteiger partial charge on any atom is -0.324 e. The van der Waals surface area contributed by atoms with E-state index in [9.17, 15) is 0 Å². The summed E-state index contributed by atoms with van der Waals surface area (Å²) in [6.45, 7) is 7.11. The maximum atomic E-state index is 6.37. The van der Waals surface area contributed by atoms with Crippen LogP contribution < -0.4 is 5.73 Å². The number of aromatic nitrogens is 2. The van der Waals surface area contributed by atoms with Crippen molar-refractivity contribution in [3.8, 4) is 0 Å². The van der Waals surface area contributed by atoms with Crippen LogP contribution in [0, 0.1) is 13.8 Å². The summed E-state index contributed by atoms with van der Waals surface area (Å²) < 4.78 is 3.10. The molecule has 1 aromatic heterocycles. The molecule has 0 saturated carbocycles. The first kappa shape index (κ1) is 14.3. The van der Waals surface area contributed by atoms with Gasteiger partial charge in [0.05, 0.1) is 5.69 Å². The summed E-state index contributed by atoms with van der Waals surface area (Å²) in [6, 6.07) is 8.38. The Kier molecular flexibility index (Phi) is 4.42. The maximum Gasteiger partial charge on any atom is 0.0596 e. The Labute approximate surface area is 122 Å². The van der Waals surface area contributed by atoms with E-state index >= 15 is 0 Å². The van der Waals surface area contributed by atoms with Crippen molar-refractivity contribution in [3.05, 3.63) is 51.3 Å². The van der Waals surface area contributed by atoms with Crippen LogP contribution in [0.5, 0.6) is 0 Å². The summed E-state index contributed by atoms with van der Waals surface area (Å²) in [5.41, 5.74) is 11.0. The third kappa shape index (κ3) is 3.25. The number of rotatable bonds is 4. The molecule has 0 saturated heterocycles. The average molecular weight is 322 g/mol. The maximum absolute atomic E-state index is 6.37. The minimum atomic E-state index is -0.00102. The molecule has 0 aliphatic rings. The highest BCUT2D eigenvalue weighted by atomic mass is 79.9. The molecule has 3 nitrogen and oxygen atoms in total. The zero-order valence-corrected chi connectivity index (χ0v) is 13.2. The summed E-state index contributed by atoms with van der Waals surface area (Å²) >= 11 is 3.51. The summed E-state index contributed by atoms with van der Waals surface area (Å²) in [4.78, 5) is 0. The van der Waals surface area contributed by atoms with Crippen LogP contribution in [0.15, 0.2) is 28.7 Å². The van der Waals surface area contributed by atoms with Crippen LogP contribution in [0.4, 0.5) is 0 Å². The number of hydrogen-bond donors (Lipinski definition) is 1. The van der Waals surface area contributed by atoms with E-state index in [1.54, 1.807) is 0 Å². The highest BCUT2D eigenvalue weighted by molar-refractivity contribution is 9.10. The van der Waals surface area contributed by atoms with Crippen molar-refractivity contribution < 1.29 is 0 Å². The zero-order chi connectivity index (χ0) is 14.0. The fraction of sp³-hybridized carbons (Fsp3) is 0.400. The Morgan fingerprint density at radius 1 is 1.32 bits per heavy atom. The van der Waals surface area contributed by atoms with Crippen LogP contribution in [0.2, 0.25) is 0 Å². The second-order valence-electron chi connectivity index (χ2n) is 4.90. The number of hydrogen-bond acceptors (Lipinski definition) is 2. The van der Waals surface area contributed by atoms with E-state index in [4.69, 9.17) is 5.73 Å². The second kappa shape index (κ2) is 5.88. The topological polar surface area (TPSA) is 43.8 Å². The van der Waals surface area contributed by atoms with Crippen molar-refractivity contribution in [2.24, 2.45) is 5.73 Å². The predicted octanol–water partition coefficient (Wildman–Crippen LogP) is 3.52. The minimum absolute atomic E-state index is 0.00102. The van der Waals surface area contributed by atoms with Crippen LogP contribution in [0.1, 0.15) is 35.5 Å². The number of nitrogens with two attached hydrogens (primary N) is 1. The van der Waals surface area contributed by atoms with Gasteiger partial charge >= 0.3 is 0 Å². The van der Waals surface area contributed by atoms with Crippen LogP contribution >= 0.6 is 15.9 Å². The van der Waals surface area contributed by atoms with Crippen LogP contribution in [0.3, 0.4) is 0 Å². The third-order valence-corrected chi connectivity index (χ3v) is 3.85. The van der Waals surface area contributed by atoms with Gasteiger partial charge in [-0.25, -0.2) is 0 Å². The SMILES string of the molecule is CCn1nc(C)cc1CC(N)c1cc(Br)ccc1C. The number of nitrogens with zero attached hydrogens (tertiary/aromatic N) is 2. The highest BCUT2D eigenvalue weighted by Gasteiger charge is 2.13. The quantitative estimate of drug-likeness (QED) is 0.936. The number of benzene rings is 1. The lowest BCUT2D eigenvalue weighted by Crippen LogP contribution is -2.17. The zero-order valence-electron chi connectivity index (χ0n) is 11.7. The molecule has 2 N–H and O–H groups in total. The van der Waals surface area contributed by atoms with Gasteiger partial charge in [0.15, 0.2) is 0 Å². The van der Waals surface area contributed by atoms with Crippen molar-refractivity contribution in [1.82, 2.24) is 9.78 Å². The van der Waals surface area contributed by atoms with Gasteiger partial charge in [0, 0.05) is 29.2 Å². The van der Waals surface area contributed by atoms with Gasteiger partial charge in [-0.15, -0.1) is 0 Å². The summed E-state index contributed by atoms with van der Waals surface area (Å²) in [7, 11) is 0. The first-order valence-electron chi connectivity index (χ1n) is 6.56. The van der Waals surface area contributed by atoms with Gasteiger partial charge in [-0.05, 0) is 50.1 Å². The lowest BCUT2D eigenvalue weighted by Gasteiger charge is -2.16. The molecule has 0 radical (unpaired) electrons. The molecule has 1 unspecified atom stereocenters. The van der Waals surface area contributed by atoms with Crippen LogP contribution in [0.25, 0.3) is 0 Å². The average Bonchev–Trinajstić information content (AvgIpc) is 2.72. The highest BCUT2D eigenvalue weighted by Crippen LogP contribution is 2.23. The van der Waals surface area contributed by atoms with E-state index in [0.717, 1.165) is 23.1 Å². The van der Waals surface area contributed by atoms with Crippen molar-refractivity contribution in [3.63, 3.8) is 0 Å². The molecule has 2 rings (SSSR count). The van der Waals surface area contributed by atoms with Gasteiger partial charge in [-0.1, -0.05) is 22.0 Å². The Bertz CT molecular complexity index is 575. The summed E-state index contributed by atoms with van der Waals surface area (Å²) in [6.07, 6.45) is 0.811. The Morgan fingerprint density at radius 2 is 2.05 bits per heavy atom.